The molecule has 0 aromatic heterocycles. The molecule has 1 N–H and O–H groups in total. The number of halogens is 1. The Morgan fingerprint density at radius 1 is 1.42 bits per heavy atom. The number of sulfonamides is 1. The lowest BCUT2D eigenvalue weighted by molar-refractivity contribution is -0.121. The van der Waals surface area contributed by atoms with E-state index in [1.54, 1.807) is 19.1 Å². The van der Waals surface area contributed by atoms with Crippen LogP contribution in [0.1, 0.15) is 12.5 Å². The van der Waals surface area contributed by atoms with Gasteiger partial charge in [0.15, 0.2) is 0 Å². The lowest BCUT2D eigenvalue weighted by Gasteiger charge is -2.29. The molecule has 0 aliphatic carbocycles. The molecule has 0 aliphatic heterocycles. The number of nitrogens with one attached hydrogen (secondary N) is 1. The number of carbonyl (C=O) groups is 1. The largest absolute Gasteiger partial charge is 0.357 e. The van der Waals surface area contributed by atoms with Gasteiger partial charge in [-0.1, -0.05) is 17.7 Å². The van der Waals surface area contributed by atoms with Crippen LogP contribution in [0, 0.1) is 6.92 Å². The second kappa shape index (κ2) is 5.79. The summed E-state index contributed by atoms with van der Waals surface area (Å²) in [5.74, 6) is -0.384. The molecule has 0 saturated heterocycles. The standard InChI is InChI=1S/C12H17ClN2O3S/c1-8-5-6-10(13)7-11(8)15(19(4,17)18)9(2)12(16)14-3/h5-7,9H,1-4H3,(H,14,16)/t9-/m1/s1. The van der Waals surface area contributed by atoms with Gasteiger partial charge in [0.1, 0.15) is 6.04 Å². The summed E-state index contributed by atoms with van der Waals surface area (Å²) in [4.78, 5) is 11.7. The molecule has 0 heterocycles. The van der Waals surface area contributed by atoms with Crippen molar-refractivity contribution in [1.29, 1.82) is 0 Å². The summed E-state index contributed by atoms with van der Waals surface area (Å²) < 4.78 is 25.0. The Hall–Kier alpha value is -1.27. The molecule has 106 valence electrons. The number of nitrogens with zero attached hydrogens (tertiary/aromatic N) is 1. The van der Waals surface area contributed by atoms with Crippen molar-refractivity contribution < 1.29 is 13.2 Å². The second-order valence-corrected chi connectivity index (χ2v) is 6.58. The average Bonchev–Trinajstić information content (AvgIpc) is 2.31. The van der Waals surface area contributed by atoms with Crippen molar-refractivity contribution in [1.82, 2.24) is 5.32 Å². The number of amides is 1. The van der Waals surface area contributed by atoms with E-state index in [-0.39, 0.29) is 5.91 Å². The van der Waals surface area contributed by atoms with Gasteiger partial charge in [-0.3, -0.25) is 9.10 Å². The van der Waals surface area contributed by atoms with Gasteiger partial charge in [0, 0.05) is 12.1 Å². The van der Waals surface area contributed by atoms with Crippen molar-refractivity contribution in [3.8, 4) is 0 Å². The third-order valence-corrected chi connectivity index (χ3v) is 4.21. The summed E-state index contributed by atoms with van der Waals surface area (Å²) in [6.45, 7) is 3.29. The van der Waals surface area contributed by atoms with Crippen LogP contribution in [0.3, 0.4) is 0 Å². The summed E-state index contributed by atoms with van der Waals surface area (Å²) in [6, 6.07) is 4.08. The van der Waals surface area contributed by atoms with Gasteiger partial charge in [-0.05, 0) is 31.5 Å². The van der Waals surface area contributed by atoms with Gasteiger partial charge in [0.25, 0.3) is 0 Å². The maximum atomic E-state index is 12.0. The molecular weight excluding hydrogens is 288 g/mol. The SMILES string of the molecule is CNC(=O)[C@@H](C)N(c1cc(Cl)ccc1C)S(C)(=O)=O. The number of hydrogen-bond acceptors (Lipinski definition) is 3. The third kappa shape index (κ3) is 3.61. The monoisotopic (exact) mass is 304 g/mol. The van der Waals surface area contributed by atoms with E-state index in [1.165, 1.54) is 20.0 Å². The van der Waals surface area contributed by atoms with Crippen LogP contribution in [0.25, 0.3) is 0 Å². The van der Waals surface area contributed by atoms with Crippen molar-refractivity contribution in [2.75, 3.05) is 17.6 Å². The smallest absolute Gasteiger partial charge is 0.243 e. The van der Waals surface area contributed by atoms with E-state index in [0.29, 0.717) is 10.7 Å². The number of hydrogen-bond donors (Lipinski definition) is 1. The van der Waals surface area contributed by atoms with Crippen LogP contribution in [0.4, 0.5) is 5.69 Å². The lowest BCUT2D eigenvalue weighted by atomic mass is 10.2. The number of benzene rings is 1. The number of rotatable bonds is 4. The van der Waals surface area contributed by atoms with Gasteiger partial charge in [0.05, 0.1) is 11.9 Å². The van der Waals surface area contributed by atoms with Gasteiger partial charge >= 0.3 is 0 Å². The highest BCUT2D eigenvalue weighted by molar-refractivity contribution is 7.92. The van der Waals surface area contributed by atoms with E-state index >= 15 is 0 Å². The fourth-order valence-corrected chi connectivity index (χ4v) is 3.20. The summed E-state index contributed by atoms with van der Waals surface area (Å²) in [5, 5.41) is 2.86. The summed E-state index contributed by atoms with van der Waals surface area (Å²) >= 11 is 5.91. The summed E-state index contributed by atoms with van der Waals surface area (Å²) in [6.07, 6.45) is 1.06. The molecule has 0 unspecified atom stereocenters. The van der Waals surface area contributed by atoms with E-state index in [9.17, 15) is 13.2 Å². The third-order valence-electron chi connectivity index (χ3n) is 2.74. The van der Waals surface area contributed by atoms with E-state index < -0.39 is 16.1 Å². The minimum absolute atomic E-state index is 0.384. The molecule has 0 fully saturated rings. The Morgan fingerprint density at radius 3 is 2.47 bits per heavy atom. The number of carbonyl (C=O) groups excluding carboxylic acids is 1. The molecule has 0 saturated carbocycles. The topological polar surface area (TPSA) is 66.5 Å². The van der Waals surface area contributed by atoms with Crippen LogP contribution in [-0.2, 0) is 14.8 Å². The number of likely N-dealkylation sites (N-methyl/N-ethyl adjacent to an activating group) is 1. The van der Waals surface area contributed by atoms with E-state index in [2.05, 4.69) is 5.32 Å². The average molecular weight is 305 g/mol. The van der Waals surface area contributed by atoms with Crippen molar-refractivity contribution >= 4 is 33.2 Å². The van der Waals surface area contributed by atoms with Crippen LogP contribution in [-0.4, -0.2) is 33.7 Å². The molecular formula is C12H17ClN2O3S. The van der Waals surface area contributed by atoms with E-state index in [4.69, 9.17) is 11.6 Å². The van der Waals surface area contributed by atoms with Crippen molar-refractivity contribution in [2.24, 2.45) is 0 Å². The van der Waals surface area contributed by atoms with E-state index in [0.717, 1.165) is 16.1 Å². The Bertz CT molecular complexity index is 587. The molecule has 0 spiro atoms. The van der Waals surface area contributed by atoms with Crippen LogP contribution in [0.5, 0.6) is 0 Å². The number of aryl methyl sites for hydroxylation is 1. The molecule has 0 bridgehead atoms. The summed E-state index contributed by atoms with van der Waals surface area (Å²) in [7, 11) is -2.14. The second-order valence-electron chi connectivity index (χ2n) is 4.28. The minimum atomic E-state index is -3.60. The highest BCUT2D eigenvalue weighted by atomic mass is 35.5. The van der Waals surface area contributed by atoms with Crippen molar-refractivity contribution in [2.45, 2.75) is 19.9 Å². The molecule has 0 aliphatic rings. The van der Waals surface area contributed by atoms with Crippen molar-refractivity contribution in [3.05, 3.63) is 28.8 Å². The van der Waals surface area contributed by atoms with E-state index in [1.807, 2.05) is 0 Å². The first-order chi connectivity index (χ1) is 8.68. The molecule has 1 amide bonds. The Morgan fingerprint density at radius 2 is 2.00 bits per heavy atom. The zero-order valence-corrected chi connectivity index (χ0v) is 12.8. The predicted molar refractivity (Wildman–Crippen MR) is 77.0 cm³/mol. The maximum Gasteiger partial charge on any atom is 0.243 e. The van der Waals surface area contributed by atoms with Crippen LogP contribution >= 0.6 is 11.6 Å². The molecule has 0 radical (unpaired) electrons. The van der Waals surface area contributed by atoms with Crippen LogP contribution < -0.4 is 9.62 Å². The molecule has 1 aromatic rings. The first kappa shape index (κ1) is 15.8. The molecule has 1 atom stereocenters. The number of anilines is 1. The maximum absolute atomic E-state index is 12.0. The van der Waals surface area contributed by atoms with Crippen LogP contribution in [0.15, 0.2) is 18.2 Å². The van der Waals surface area contributed by atoms with Gasteiger partial charge in [-0.25, -0.2) is 8.42 Å². The fraction of sp³-hybridized carbons (Fsp3) is 0.417. The lowest BCUT2D eigenvalue weighted by Crippen LogP contribution is -2.47. The molecule has 19 heavy (non-hydrogen) atoms. The Labute approximate surface area is 118 Å². The zero-order chi connectivity index (χ0) is 14.8. The normalized spacial score (nSPS) is 12.9. The molecule has 7 heteroatoms. The Balaban J connectivity index is 3.41. The minimum Gasteiger partial charge on any atom is -0.357 e. The molecule has 1 aromatic carbocycles. The first-order valence-electron chi connectivity index (χ1n) is 5.65. The van der Waals surface area contributed by atoms with Gasteiger partial charge in [-0.15, -0.1) is 0 Å². The fourth-order valence-electron chi connectivity index (χ4n) is 1.81. The summed E-state index contributed by atoms with van der Waals surface area (Å²) in [5.41, 5.74) is 1.14. The quantitative estimate of drug-likeness (QED) is 0.918. The van der Waals surface area contributed by atoms with Crippen molar-refractivity contribution in [3.63, 3.8) is 0 Å². The van der Waals surface area contributed by atoms with Gasteiger partial charge in [0.2, 0.25) is 15.9 Å². The molecule has 1 rings (SSSR count). The van der Waals surface area contributed by atoms with Gasteiger partial charge < -0.3 is 5.32 Å². The molecule has 5 nitrogen and oxygen atoms in total. The highest BCUT2D eigenvalue weighted by Crippen LogP contribution is 2.28. The zero-order valence-electron chi connectivity index (χ0n) is 11.3. The highest BCUT2D eigenvalue weighted by Gasteiger charge is 2.29. The first-order valence-corrected chi connectivity index (χ1v) is 7.88. The predicted octanol–water partition coefficient (Wildman–Crippen LogP) is 1.55. The van der Waals surface area contributed by atoms with Gasteiger partial charge in [-0.2, -0.15) is 0 Å². The van der Waals surface area contributed by atoms with Crippen LogP contribution in [0.2, 0.25) is 5.02 Å². The Kier molecular flexibility index (Phi) is 4.81.